The minimum absolute atomic E-state index is 0.656. The Bertz CT molecular complexity index is 331. The third kappa shape index (κ3) is 6.17. The van der Waals surface area contributed by atoms with E-state index in [9.17, 15) is 0 Å². The average molecular weight is 302 g/mol. The zero-order valence-corrected chi connectivity index (χ0v) is 12.0. The van der Waals surface area contributed by atoms with Crippen molar-refractivity contribution >= 4 is 15.9 Å². The first-order valence-electron chi connectivity index (χ1n) is 5.76. The minimum atomic E-state index is 0.656. The SMILES string of the molecule is COCCOCCNCc1ccc(C)cc1Br. The molecule has 17 heavy (non-hydrogen) atoms. The maximum absolute atomic E-state index is 5.36. The van der Waals surface area contributed by atoms with Gasteiger partial charge in [-0.15, -0.1) is 0 Å². The standard InChI is InChI=1S/C13H20BrNO2/c1-11-3-4-12(13(14)9-11)10-15-5-6-17-8-7-16-2/h3-4,9,15H,5-8,10H2,1-2H3. The summed E-state index contributed by atoms with van der Waals surface area (Å²) >= 11 is 3.56. The number of nitrogens with one attached hydrogen (secondary N) is 1. The molecule has 0 aliphatic carbocycles. The molecule has 0 aliphatic heterocycles. The fraction of sp³-hybridized carbons (Fsp3) is 0.538. The van der Waals surface area contributed by atoms with Crippen molar-refractivity contribution in [1.29, 1.82) is 0 Å². The maximum atomic E-state index is 5.36. The van der Waals surface area contributed by atoms with Crippen molar-refractivity contribution in [2.45, 2.75) is 13.5 Å². The van der Waals surface area contributed by atoms with Crippen LogP contribution >= 0.6 is 15.9 Å². The first-order chi connectivity index (χ1) is 8.24. The Morgan fingerprint density at radius 2 is 2.06 bits per heavy atom. The van der Waals surface area contributed by atoms with Crippen LogP contribution in [0.3, 0.4) is 0 Å². The topological polar surface area (TPSA) is 30.5 Å². The number of halogens is 1. The third-order valence-electron chi connectivity index (χ3n) is 2.38. The molecule has 0 radical (unpaired) electrons. The Morgan fingerprint density at radius 1 is 1.24 bits per heavy atom. The first kappa shape index (κ1) is 14.6. The van der Waals surface area contributed by atoms with Crippen LogP contribution in [0.4, 0.5) is 0 Å². The van der Waals surface area contributed by atoms with Crippen molar-refractivity contribution in [3.05, 3.63) is 33.8 Å². The summed E-state index contributed by atoms with van der Waals surface area (Å²) in [6.45, 7) is 5.83. The van der Waals surface area contributed by atoms with E-state index in [2.05, 4.69) is 46.4 Å². The fourth-order valence-corrected chi connectivity index (χ4v) is 2.04. The van der Waals surface area contributed by atoms with Gasteiger partial charge >= 0.3 is 0 Å². The molecule has 0 bridgehead atoms. The summed E-state index contributed by atoms with van der Waals surface area (Å²) in [4.78, 5) is 0. The number of aryl methyl sites for hydroxylation is 1. The normalized spacial score (nSPS) is 10.8. The van der Waals surface area contributed by atoms with E-state index in [0.29, 0.717) is 19.8 Å². The highest BCUT2D eigenvalue weighted by molar-refractivity contribution is 9.10. The summed E-state index contributed by atoms with van der Waals surface area (Å²) in [5.74, 6) is 0. The zero-order valence-electron chi connectivity index (χ0n) is 10.5. The van der Waals surface area contributed by atoms with Crippen LogP contribution in [0, 0.1) is 6.92 Å². The molecule has 96 valence electrons. The molecule has 0 unspecified atom stereocenters. The smallest absolute Gasteiger partial charge is 0.0700 e. The number of benzene rings is 1. The van der Waals surface area contributed by atoms with Gasteiger partial charge in [-0.3, -0.25) is 0 Å². The highest BCUT2D eigenvalue weighted by Crippen LogP contribution is 2.17. The summed E-state index contributed by atoms with van der Waals surface area (Å²) < 4.78 is 11.4. The molecule has 1 N–H and O–H groups in total. The van der Waals surface area contributed by atoms with E-state index < -0.39 is 0 Å². The Balaban J connectivity index is 2.14. The van der Waals surface area contributed by atoms with Gasteiger partial charge in [0.2, 0.25) is 0 Å². The van der Waals surface area contributed by atoms with Gasteiger partial charge in [-0.1, -0.05) is 28.1 Å². The van der Waals surface area contributed by atoms with E-state index in [1.165, 1.54) is 11.1 Å². The fourth-order valence-electron chi connectivity index (χ4n) is 1.41. The Hall–Kier alpha value is -0.420. The van der Waals surface area contributed by atoms with E-state index in [0.717, 1.165) is 17.6 Å². The molecule has 4 heteroatoms. The van der Waals surface area contributed by atoms with Crippen molar-refractivity contribution in [2.24, 2.45) is 0 Å². The molecular weight excluding hydrogens is 282 g/mol. The Kier molecular flexibility index (Phi) is 7.44. The van der Waals surface area contributed by atoms with Crippen LogP contribution in [-0.2, 0) is 16.0 Å². The molecule has 0 amide bonds. The molecule has 0 aromatic heterocycles. The minimum Gasteiger partial charge on any atom is -0.382 e. The molecule has 0 heterocycles. The van der Waals surface area contributed by atoms with Gasteiger partial charge in [0.05, 0.1) is 19.8 Å². The van der Waals surface area contributed by atoms with Crippen molar-refractivity contribution in [3.63, 3.8) is 0 Å². The second-order valence-electron chi connectivity index (χ2n) is 3.88. The van der Waals surface area contributed by atoms with Crippen LogP contribution in [0.1, 0.15) is 11.1 Å². The molecular formula is C13H20BrNO2. The van der Waals surface area contributed by atoms with Crippen LogP contribution in [-0.4, -0.2) is 33.5 Å². The molecule has 0 aliphatic rings. The molecule has 3 nitrogen and oxygen atoms in total. The predicted octanol–water partition coefficient (Wildman–Crippen LogP) is 2.51. The molecule has 1 aromatic carbocycles. The van der Waals surface area contributed by atoms with Gasteiger partial charge in [-0.05, 0) is 24.1 Å². The van der Waals surface area contributed by atoms with Gasteiger partial charge in [-0.2, -0.15) is 0 Å². The molecule has 0 atom stereocenters. The largest absolute Gasteiger partial charge is 0.382 e. The van der Waals surface area contributed by atoms with E-state index >= 15 is 0 Å². The van der Waals surface area contributed by atoms with Crippen molar-refractivity contribution in [2.75, 3.05) is 33.5 Å². The number of methoxy groups -OCH3 is 1. The van der Waals surface area contributed by atoms with Crippen LogP contribution in [0.25, 0.3) is 0 Å². The van der Waals surface area contributed by atoms with Crippen LogP contribution in [0.5, 0.6) is 0 Å². The van der Waals surface area contributed by atoms with Gasteiger partial charge < -0.3 is 14.8 Å². The molecule has 0 saturated heterocycles. The lowest BCUT2D eigenvalue weighted by molar-refractivity contribution is 0.0719. The summed E-state index contributed by atoms with van der Waals surface area (Å²) in [5.41, 5.74) is 2.54. The van der Waals surface area contributed by atoms with E-state index in [1.54, 1.807) is 7.11 Å². The third-order valence-corrected chi connectivity index (χ3v) is 3.12. The summed E-state index contributed by atoms with van der Waals surface area (Å²) in [7, 11) is 1.68. The quantitative estimate of drug-likeness (QED) is 0.749. The molecule has 0 saturated carbocycles. The second-order valence-corrected chi connectivity index (χ2v) is 4.73. The van der Waals surface area contributed by atoms with Gasteiger partial charge in [0.1, 0.15) is 0 Å². The highest BCUT2D eigenvalue weighted by Gasteiger charge is 1.99. The van der Waals surface area contributed by atoms with Gasteiger partial charge in [0, 0.05) is 24.7 Å². The van der Waals surface area contributed by atoms with Gasteiger partial charge in [0.25, 0.3) is 0 Å². The number of hydrogen-bond acceptors (Lipinski definition) is 3. The van der Waals surface area contributed by atoms with E-state index in [4.69, 9.17) is 9.47 Å². The number of hydrogen-bond donors (Lipinski definition) is 1. The van der Waals surface area contributed by atoms with Gasteiger partial charge in [0.15, 0.2) is 0 Å². The summed E-state index contributed by atoms with van der Waals surface area (Å²) in [6, 6.07) is 6.39. The van der Waals surface area contributed by atoms with E-state index in [-0.39, 0.29) is 0 Å². The Morgan fingerprint density at radius 3 is 2.76 bits per heavy atom. The predicted molar refractivity (Wildman–Crippen MR) is 73.3 cm³/mol. The molecule has 0 fully saturated rings. The number of ether oxygens (including phenoxy) is 2. The molecule has 1 rings (SSSR count). The molecule has 0 spiro atoms. The monoisotopic (exact) mass is 301 g/mol. The molecule has 1 aromatic rings. The van der Waals surface area contributed by atoms with Crippen molar-refractivity contribution in [1.82, 2.24) is 5.32 Å². The summed E-state index contributed by atoms with van der Waals surface area (Å²) in [5, 5.41) is 3.34. The van der Waals surface area contributed by atoms with Crippen LogP contribution < -0.4 is 5.32 Å². The van der Waals surface area contributed by atoms with Crippen molar-refractivity contribution < 1.29 is 9.47 Å². The van der Waals surface area contributed by atoms with E-state index in [1.807, 2.05) is 0 Å². The zero-order chi connectivity index (χ0) is 12.5. The van der Waals surface area contributed by atoms with Crippen LogP contribution in [0.2, 0.25) is 0 Å². The highest BCUT2D eigenvalue weighted by atomic mass is 79.9. The lowest BCUT2D eigenvalue weighted by atomic mass is 10.1. The van der Waals surface area contributed by atoms with Gasteiger partial charge in [-0.25, -0.2) is 0 Å². The first-order valence-corrected chi connectivity index (χ1v) is 6.55. The maximum Gasteiger partial charge on any atom is 0.0700 e. The number of rotatable bonds is 8. The average Bonchev–Trinajstić information content (AvgIpc) is 2.30. The lowest BCUT2D eigenvalue weighted by Crippen LogP contribution is -2.20. The van der Waals surface area contributed by atoms with Crippen LogP contribution in [0.15, 0.2) is 22.7 Å². The van der Waals surface area contributed by atoms with Crippen molar-refractivity contribution in [3.8, 4) is 0 Å². The Labute approximate surface area is 112 Å². The summed E-state index contributed by atoms with van der Waals surface area (Å²) in [6.07, 6.45) is 0. The lowest BCUT2D eigenvalue weighted by Gasteiger charge is -2.08. The second kappa shape index (κ2) is 8.64.